The molecule has 1 aliphatic rings. The summed E-state index contributed by atoms with van der Waals surface area (Å²) in [5.41, 5.74) is 0.446. The molecule has 0 bridgehead atoms. The number of methoxy groups -OCH3 is 1. The molecule has 22 heavy (non-hydrogen) atoms. The summed E-state index contributed by atoms with van der Waals surface area (Å²) in [4.78, 5) is 11.9. The average molecular weight is 320 g/mol. The first-order valence-electron chi connectivity index (χ1n) is 6.70. The maximum atomic E-state index is 13.5. The van der Waals surface area contributed by atoms with E-state index >= 15 is 0 Å². The van der Waals surface area contributed by atoms with E-state index in [0.29, 0.717) is 5.56 Å². The molecule has 1 saturated heterocycles. The minimum absolute atomic E-state index is 0.0208. The molecule has 1 aromatic carbocycles. The number of hydrogen-bond acceptors (Lipinski definition) is 3. The molecule has 1 heterocycles. The fraction of sp³-hybridized carbons (Fsp3) is 0.500. The second kappa shape index (κ2) is 6.51. The Labute approximate surface area is 124 Å². The minimum Gasteiger partial charge on any atom is -0.494 e. The molecule has 2 atom stereocenters. The van der Waals surface area contributed by atoms with Crippen LogP contribution in [-0.2, 0) is 11.3 Å². The number of nitrogens with one attached hydrogen (secondary N) is 2. The Kier molecular flexibility index (Phi) is 4.90. The van der Waals surface area contributed by atoms with Crippen LogP contribution in [-0.4, -0.2) is 32.3 Å². The second-order valence-electron chi connectivity index (χ2n) is 5.10. The maximum Gasteiger partial charge on any atom is 0.393 e. The highest BCUT2D eigenvalue weighted by Gasteiger charge is 2.49. The highest BCUT2D eigenvalue weighted by atomic mass is 19.4. The Morgan fingerprint density at radius 3 is 2.73 bits per heavy atom. The third-order valence-electron chi connectivity index (χ3n) is 3.65. The third kappa shape index (κ3) is 3.68. The lowest BCUT2D eigenvalue weighted by molar-refractivity contribution is -0.182. The van der Waals surface area contributed by atoms with Gasteiger partial charge in [0.25, 0.3) is 0 Å². The van der Waals surface area contributed by atoms with Crippen molar-refractivity contribution in [2.24, 2.45) is 11.8 Å². The van der Waals surface area contributed by atoms with E-state index in [4.69, 9.17) is 4.74 Å². The molecule has 1 aliphatic heterocycles. The molecular formula is C14H16F4N2O2. The van der Waals surface area contributed by atoms with Crippen LogP contribution in [0.3, 0.4) is 0 Å². The summed E-state index contributed by atoms with van der Waals surface area (Å²) in [5, 5.41) is 5.00. The van der Waals surface area contributed by atoms with Crippen molar-refractivity contribution in [3.63, 3.8) is 0 Å². The number of rotatable bonds is 4. The van der Waals surface area contributed by atoms with Gasteiger partial charge in [-0.15, -0.1) is 0 Å². The fourth-order valence-electron chi connectivity index (χ4n) is 2.44. The number of carbonyl (C=O) groups excluding carboxylic acids is 1. The Morgan fingerprint density at radius 2 is 2.14 bits per heavy atom. The molecule has 0 aromatic heterocycles. The number of halogens is 4. The summed E-state index contributed by atoms with van der Waals surface area (Å²) in [6.07, 6.45) is -4.42. The molecule has 1 fully saturated rings. The smallest absolute Gasteiger partial charge is 0.393 e. The minimum atomic E-state index is -4.42. The molecule has 0 aliphatic carbocycles. The molecule has 0 unspecified atom stereocenters. The van der Waals surface area contributed by atoms with Crippen molar-refractivity contribution in [3.05, 3.63) is 29.6 Å². The van der Waals surface area contributed by atoms with E-state index < -0.39 is 29.7 Å². The molecule has 2 N–H and O–H groups in total. The van der Waals surface area contributed by atoms with E-state index in [9.17, 15) is 22.4 Å². The van der Waals surface area contributed by atoms with E-state index in [0.717, 1.165) is 0 Å². The fourth-order valence-corrected chi connectivity index (χ4v) is 2.44. The van der Waals surface area contributed by atoms with Gasteiger partial charge in [-0.3, -0.25) is 4.79 Å². The van der Waals surface area contributed by atoms with Crippen LogP contribution in [0.5, 0.6) is 5.75 Å². The Hall–Kier alpha value is -1.83. The predicted molar refractivity (Wildman–Crippen MR) is 70.7 cm³/mol. The van der Waals surface area contributed by atoms with Crippen molar-refractivity contribution < 1.29 is 27.1 Å². The molecule has 0 radical (unpaired) electrons. The molecule has 0 spiro atoms. The average Bonchev–Trinajstić information content (AvgIpc) is 2.94. The Bertz CT molecular complexity index is 548. The van der Waals surface area contributed by atoms with Crippen LogP contribution < -0.4 is 15.4 Å². The van der Waals surface area contributed by atoms with Gasteiger partial charge in [-0.1, -0.05) is 6.07 Å². The number of amides is 1. The SMILES string of the molecule is COc1ccc(CNC(=O)[C@@H]2CNC[C@H]2C(F)(F)F)cc1F. The van der Waals surface area contributed by atoms with Gasteiger partial charge >= 0.3 is 6.18 Å². The van der Waals surface area contributed by atoms with Gasteiger partial charge in [0.15, 0.2) is 11.6 Å². The first-order valence-corrected chi connectivity index (χ1v) is 6.70. The number of carbonyl (C=O) groups is 1. The van der Waals surface area contributed by atoms with Crippen LogP contribution >= 0.6 is 0 Å². The van der Waals surface area contributed by atoms with Crippen molar-refractivity contribution in [3.8, 4) is 5.75 Å². The highest BCUT2D eigenvalue weighted by Crippen LogP contribution is 2.34. The van der Waals surface area contributed by atoms with Crippen LogP contribution in [0.4, 0.5) is 17.6 Å². The number of ether oxygens (including phenoxy) is 1. The second-order valence-corrected chi connectivity index (χ2v) is 5.10. The van der Waals surface area contributed by atoms with Gasteiger partial charge < -0.3 is 15.4 Å². The number of alkyl halides is 3. The first kappa shape index (κ1) is 16.5. The molecule has 4 nitrogen and oxygen atoms in total. The largest absolute Gasteiger partial charge is 0.494 e. The molecule has 8 heteroatoms. The van der Waals surface area contributed by atoms with E-state index in [-0.39, 0.29) is 25.4 Å². The van der Waals surface area contributed by atoms with E-state index in [2.05, 4.69) is 10.6 Å². The van der Waals surface area contributed by atoms with Gasteiger partial charge in [0.1, 0.15) is 0 Å². The van der Waals surface area contributed by atoms with Gasteiger partial charge in [0, 0.05) is 19.6 Å². The van der Waals surface area contributed by atoms with Crippen molar-refractivity contribution in [2.45, 2.75) is 12.7 Å². The molecule has 1 amide bonds. The van der Waals surface area contributed by atoms with Gasteiger partial charge in [0.2, 0.25) is 5.91 Å². The summed E-state index contributed by atoms with van der Waals surface area (Å²) >= 11 is 0. The summed E-state index contributed by atoms with van der Waals surface area (Å²) in [7, 11) is 1.32. The lowest BCUT2D eigenvalue weighted by atomic mass is 9.94. The van der Waals surface area contributed by atoms with Crippen molar-refractivity contribution in [1.82, 2.24) is 10.6 Å². The Balaban J connectivity index is 1.96. The summed E-state index contributed by atoms with van der Waals surface area (Å²) < 4.78 is 56.6. The Morgan fingerprint density at radius 1 is 1.41 bits per heavy atom. The quantitative estimate of drug-likeness (QED) is 0.833. The third-order valence-corrected chi connectivity index (χ3v) is 3.65. The van der Waals surface area contributed by atoms with E-state index in [1.165, 1.54) is 25.3 Å². The monoisotopic (exact) mass is 320 g/mol. The summed E-state index contributed by atoms with van der Waals surface area (Å²) in [6.45, 7) is -0.327. The van der Waals surface area contributed by atoms with E-state index in [1.54, 1.807) is 0 Å². The van der Waals surface area contributed by atoms with Crippen LogP contribution in [0.25, 0.3) is 0 Å². The van der Waals surface area contributed by atoms with Crippen molar-refractivity contribution in [1.29, 1.82) is 0 Å². The van der Waals surface area contributed by atoms with Crippen LogP contribution in [0.15, 0.2) is 18.2 Å². The zero-order valence-electron chi connectivity index (χ0n) is 11.8. The molecule has 1 aromatic rings. The molecule has 2 rings (SSSR count). The lowest BCUT2D eigenvalue weighted by Gasteiger charge is -2.20. The van der Waals surface area contributed by atoms with Gasteiger partial charge in [-0.05, 0) is 17.7 Å². The van der Waals surface area contributed by atoms with Gasteiger partial charge in [-0.2, -0.15) is 13.2 Å². The molecule has 0 saturated carbocycles. The van der Waals surface area contributed by atoms with Crippen LogP contribution in [0.2, 0.25) is 0 Å². The summed E-state index contributed by atoms with van der Waals surface area (Å²) in [6, 6.07) is 4.11. The topological polar surface area (TPSA) is 50.4 Å². The maximum absolute atomic E-state index is 13.5. The van der Waals surface area contributed by atoms with Crippen LogP contribution in [0.1, 0.15) is 5.56 Å². The van der Waals surface area contributed by atoms with Gasteiger partial charge in [-0.25, -0.2) is 4.39 Å². The predicted octanol–water partition coefficient (Wildman–Crippen LogP) is 1.85. The highest BCUT2D eigenvalue weighted by molar-refractivity contribution is 5.79. The lowest BCUT2D eigenvalue weighted by Crippen LogP contribution is -2.39. The van der Waals surface area contributed by atoms with Crippen molar-refractivity contribution >= 4 is 5.91 Å². The zero-order valence-corrected chi connectivity index (χ0v) is 11.8. The summed E-state index contributed by atoms with van der Waals surface area (Å²) in [5.74, 6) is -4.08. The van der Waals surface area contributed by atoms with Gasteiger partial charge in [0.05, 0.1) is 18.9 Å². The first-order chi connectivity index (χ1) is 10.3. The molecule has 122 valence electrons. The van der Waals surface area contributed by atoms with Crippen LogP contribution in [0, 0.1) is 17.7 Å². The van der Waals surface area contributed by atoms with Crippen molar-refractivity contribution in [2.75, 3.05) is 20.2 Å². The molecular weight excluding hydrogens is 304 g/mol. The van der Waals surface area contributed by atoms with E-state index in [1.807, 2.05) is 0 Å². The number of benzene rings is 1. The standard InChI is InChI=1S/C14H16F4N2O2/c1-22-12-3-2-8(4-11(12)15)5-20-13(21)9-6-19-7-10(9)14(16,17)18/h2-4,9-10,19H,5-7H2,1H3,(H,20,21)/t9-,10-/m1/s1. The number of hydrogen-bond donors (Lipinski definition) is 2. The zero-order chi connectivity index (χ0) is 16.3. The normalized spacial score (nSPS) is 21.7.